The summed E-state index contributed by atoms with van der Waals surface area (Å²) >= 11 is 1.32. The van der Waals surface area contributed by atoms with Gasteiger partial charge in [-0.25, -0.2) is 4.98 Å². The van der Waals surface area contributed by atoms with E-state index < -0.39 is 16.4 Å². The molecule has 2 aromatic carbocycles. The van der Waals surface area contributed by atoms with Crippen molar-refractivity contribution < 1.29 is 9.31 Å². The normalized spacial score (nSPS) is 11.1. The molecule has 6 nitrogen and oxygen atoms in total. The number of rotatable bonds is 6. The Morgan fingerprint density at radius 1 is 1.36 bits per heavy atom. The van der Waals surface area contributed by atoms with Crippen LogP contribution in [0.2, 0.25) is 0 Å². The van der Waals surface area contributed by atoms with Gasteiger partial charge < -0.3 is 5.32 Å². The van der Waals surface area contributed by atoms with Crippen molar-refractivity contribution in [3.63, 3.8) is 0 Å². The Hall–Kier alpha value is -3.57. The summed E-state index contributed by atoms with van der Waals surface area (Å²) in [4.78, 5) is 14.5. The van der Waals surface area contributed by atoms with E-state index in [1.54, 1.807) is 0 Å². The first-order valence-electron chi connectivity index (χ1n) is 8.37. The van der Waals surface area contributed by atoms with E-state index in [0.717, 1.165) is 29.8 Å². The zero-order chi connectivity index (χ0) is 20.1. The SMILES string of the molecule is CCc1ccc(-c2csc(C(C#N)=CNc3ccc(F)c([N+](=O)[O-])c3)n2)cc1. The van der Waals surface area contributed by atoms with Gasteiger partial charge in [0, 0.05) is 28.9 Å². The van der Waals surface area contributed by atoms with E-state index in [9.17, 15) is 19.8 Å². The number of aromatic nitrogens is 1. The first kappa shape index (κ1) is 19.2. The lowest BCUT2D eigenvalue weighted by Crippen LogP contribution is -1.96. The third-order valence-electron chi connectivity index (χ3n) is 4.04. The van der Waals surface area contributed by atoms with Gasteiger partial charge in [-0.3, -0.25) is 10.1 Å². The monoisotopic (exact) mass is 394 g/mol. The van der Waals surface area contributed by atoms with Gasteiger partial charge in [0.05, 0.1) is 10.6 Å². The molecule has 3 aromatic rings. The van der Waals surface area contributed by atoms with Crippen LogP contribution in [0.3, 0.4) is 0 Å². The summed E-state index contributed by atoms with van der Waals surface area (Å²) in [5.74, 6) is -0.918. The van der Waals surface area contributed by atoms with Crippen LogP contribution in [0.25, 0.3) is 16.8 Å². The third kappa shape index (κ3) is 4.22. The first-order valence-corrected chi connectivity index (χ1v) is 9.25. The highest BCUT2D eigenvalue weighted by atomic mass is 32.1. The van der Waals surface area contributed by atoms with Gasteiger partial charge >= 0.3 is 5.69 Å². The molecular weight excluding hydrogens is 379 g/mol. The molecule has 0 aliphatic heterocycles. The Bertz CT molecular complexity index is 1080. The number of nitro benzene ring substituents is 1. The van der Waals surface area contributed by atoms with Crippen LogP contribution in [0.4, 0.5) is 15.8 Å². The molecule has 0 aliphatic carbocycles. The summed E-state index contributed by atoms with van der Waals surface area (Å²) in [7, 11) is 0. The van der Waals surface area contributed by atoms with Crippen LogP contribution in [0.1, 0.15) is 17.5 Å². The predicted octanol–water partition coefficient (Wildman–Crippen LogP) is 5.40. The quantitative estimate of drug-likeness (QED) is 0.343. The van der Waals surface area contributed by atoms with Crippen LogP contribution < -0.4 is 5.32 Å². The maximum absolute atomic E-state index is 13.4. The number of thiazole rings is 1. The molecule has 0 fully saturated rings. The van der Waals surface area contributed by atoms with Crippen LogP contribution in [-0.2, 0) is 6.42 Å². The number of hydrogen-bond acceptors (Lipinski definition) is 6. The van der Waals surface area contributed by atoms with Gasteiger partial charge in [-0.05, 0) is 24.1 Å². The van der Waals surface area contributed by atoms with Crippen LogP contribution in [-0.4, -0.2) is 9.91 Å². The fourth-order valence-corrected chi connectivity index (χ4v) is 3.28. The molecule has 3 rings (SSSR count). The molecule has 1 aromatic heterocycles. The highest BCUT2D eigenvalue weighted by molar-refractivity contribution is 7.11. The zero-order valence-electron chi connectivity index (χ0n) is 14.8. The molecule has 0 saturated heterocycles. The Morgan fingerprint density at radius 3 is 2.75 bits per heavy atom. The third-order valence-corrected chi connectivity index (χ3v) is 4.91. The summed E-state index contributed by atoms with van der Waals surface area (Å²) in [6, 6.07) is 13.6. The van der Waals surface area contributed by atoms with Crippen LogP contribution in [0, 0.1) is 27.3 Å². The topological polar surface area (TPSA) is 91.8 Å². The Kier molecular flexibility index (Phi) is 5.77. The van der Waals surface area contributed by atoms with Crippen molar-refractivity contribution in [3.05, 3.63) is 80.5 Å². The Morgan fingerprint density at radius 2 is 2.11 bits per heavy atom. The highest BCUT2D eigenvalue weighted by Gasteiger charge is 2.14. The van der Waals surface area contributed by atoms with Gasteiger partial charge in [0.1, 0.15) is 16.6 Å². The molecule has 8 heteroatoms. The molecular formula is C20H15FN4O2S. The molecule has 140 valence electrons. The van der Waals surface area contributed by atoms with E-state index in [4.69, 9.17) is 0 Å². The second kappa shape index (κ2) is 8.41. The minimum atomic E-state index is -0.918. The van der Waals surface area contributed by atoms with Crippen LogP contribution in [0.5, 0.6) is 0 Å². The molecule has 0 amide bonds. The molecule has 0 unspecified atom stereocenters. The maximum atomic E-state index is 13.4. The summed E-state index contributed by atoms with van der Waals surface area (Å²) in [5.41, 5.74) is 2.89. The second-order valence-electron chi connectivity index (χ2n) is 5.83. The summed E-state index contributed by atoms with van der Waals surface area (Å²) in [6.07, 6.45) is 2.36. The Labute approximate surface area is 164 Å². The number of hydrogen-bond donors (Lipinski definition) is 1. The molecule has 0 bridgehead atoms. The van der Waals surface area contributed by atoms with Crippen molar-refractivity contribution in [3.8, 4) is 17.3 Å². The van der Waals surface area contributed by atoms with Crippen molar-refractivity contribution in [1.82, 2.24) is 4.98 Å². The first-order chi connectivity index (χ1) is 13.5. The lowest BCUT2D eigenvalue weighted by Gasteiger charge is -2.02. The van der Waals surface area contributed by atoms with E-state index in [2.05, 4.69) is 23.3 Å². The van der Waals surface area contributed by atoms with Crippen molar-refractivity contribution in [2.45, 2.75) is 13.3 Å². The van der Waals surface area contributed by atoms with Crippen molar-refractivity contribution in [1.29, 1.82) is 5.26 Å². The standard InChI is InChI=1S/C20H15FN4O2S/c1-2-13-3-5-14(6-4-13)18-12-28-20(24-18)15(10-22)11-23-16-7-8-17(21)19(9-16)25(26)27/h3-9,11-12,23H,2H2,1H3. The van der Waals surface area contributed by atoms with E-state index in [0.29, 0.717) is 10.7 Å². The van der Waals surface area contributed by atoms with Gasteiger partial charge in [-0.2, -0.15) is 9.65 Å². The fourth-order valence-electron chi connectivity index (χ4n) is 2.48. The van der Waals surface area contributed by atoms with Gasteiger partial charge in [-0.15, -0.1) is 11.3 Å². The lowest BCUT2D eigenvalue weighted by atomic mass is 10.1. The number of nitriles is 1. The molecule has 1 heterocycles. The smallest absolute Gasteiger partial charge is 0.306 e. The molecule has 0 radical (unpaired) electrons. The van der Waals surface area contributed by atoms with Gasteiger partial charge in [0.15, 0.2) is 0 Å². The minimum absolute atomic E-state index is 0.272. The second-order valence-corrected chi connectivity index (χ2v) is 6.68. The summed E-state index contributed by atoms with van der Waals surface area (Å²) in [5, 5.41) is 25.4. The molecule has 0 saturated carbocycles. The fraction of sp³-hybridized carbons (Fsp3) is 0.100. The van der Waals surface area contributed by atoms with Crippen molar-refractivity contribution in [2.24, 2.45) is 0 Å². The van der Waals surface area contributed by atoms with E-state index in [-0.39, 0.29) is 5.57 Å². The van der Waals surface area contributed by atoms with Gasteiger partial charge in [0.25, 0.3) is 0 Å². The van der Waals surface area contributed by atoms with Gasteiger partial charge in [0.2, 0.25) is 5.82 Å². The molecule has 0 aliphatic rings. The van der Waals surface area contributed by atoms with Gasteiger partial charge in [-0.1, -0.05) is 31.2 Å². The number of halogens is 1. The number of nitro groups is 1. The summed E-state index contributed by atoms with van der Waals surface area (Å²) < 4.78 is 13.4. The number of anilines is 1. The number of allylic oxidation sites excluding steroid dienone is 1. The number of nitrogens with one attached hydrogen (secondary N) is 1. The average molecular weight is 394 g/mol. The molecule has 28 heavy (non-hydrogen) atoms. The predicted molar refractivity (Wildman–Crippen MR) is 107 cm³/mol. The molecule has 0 spiro atoms. The van der Waals surface area contributed by atoms with Crippen molar-refractivity contribution >= 4 is 28.3 Å². The number of benzene rings is 2. The Balaban J connectivity index is 1.82. The van der Waals surface area contributed by atoms with Crippen molar-refractivity contribution in [2.75, 3.05) is 5.32 Å². The largest absolute Gasteiger partial charge is 0.360 e. The molecule has 1 N–H and O–H groups in total. The number of aryl methyl sites for hydroxylation is 1. The number of nitrogens with zero attached hydrogens (tertiary/aromatic N) is 3. The van der Waals surface area contributed by atoms with E-state index in [1.807, 2.05) is 29.6 Å². The van der Waals surface area contributed by atoms with Crippen LogP contribution in [0.15, 0.2) is 54.0 Å². The minimum Gasteiger partial charge on any atom is -0.360 e. The van der Waals surface area contributed by atoms with E-state index in [1.165, 1.54) is 29.2 Å². The van der Waals surface area contributed by atoms with Crippen LogP contribution >= 0.6 is 11.3 Å². The average Bonchev–Trinajstić information content (AvgIpc) is 3.19. The summed E-state index contributed by atoms with van der Waals surface area (Å²) in [6.45, 7) is 2.09. The highest BCUT2D eigenvalue weighted by Crippen LogP contribution is 2.27. The molecule has 0 atom stereocenters. The zero-order valence-corrected chi connectivity index (χ0v) is 15.7. The van der Waals surface area contributed by atoms with E-state index >= 15 is 0 Å². The lowest BCUT2D eigenvalue weighted by molar-refractivity contribution is -0.387. The maximum Gasteiger partial charge on any atom is 0.306 e.